The van der Waals surface area contributed by atoms with Gasteiger partial charge in [-0.05, 0) is 24.6 Å². The van der Waals surface area contributed by atoms with E-state index in [0.29, 0.717) is 44.2 Å². The van der Waals surface area contributed by atoms with Crippen LogP contribution in [-0.4, -0.2) is 44.8 Å². The molecule has 1 aromatic carbocycles. The summed E-state index contributed by atoms with van der Waals surface area (Å²) in [7, 11) is 0. The number of carbonyl (C=O) groups is 2. The number of morpholine rings is 1. The minimum absolute atomic E-state index is 0.235. The fourth-order valence-corrected chi connectivity index (χ4v) is 2.41. The maximum Gasteiger partial charge on any atom is 0.340 e. The van der Waals surface area contributed by atoms with Gasteiger partial charge in [0.2, 0.25) is 5.91 Å². The van der Waals surface area contributed by atoms with Gasteiger partial charge in [0.05, 0.1) is 37.1 Å². The molecule has 0 unspecified atom stereocenters. The lowest BCUT2D eigenvalue weighted by atomic mass is 10.1. The van der Waals surface area contributed by atoms with Gasteiger partial charge in [-0.25, -0.2) is 4.79 Å². The second kappa shape index (κ2) is 8.89. The van der Waals surface area contributed by atoms with E-state index >= 15 is 0 Å². The third-order valence-electron chi connectivity index (χ3n) is 3.53. The van der Waals surface area contributed by atoms with E-state index in [-0.39, 0.29) is 6.42 Å². The smallest absolute Gasteiger partial charge is 0.340 e. The molecule has 7 nitrogen and oxygen atoms in total. The monoisotopic (exact) mass is 331 g/mol. The van der Waals surface area contributed by atoms with Crippen molar-refractivity contribution in [2.75, 3.05) is 43.1 Å². The van der Waals surface area contributed by atoms with Crippen LogP contribution >= 0.6 is 0 Å². The topological polar surface area (TPSA) is 91.7 Å². The van der Waals surface area contributed by atoms with Gasteiger partial charge in [-0.3, -0.25) is 4.79 Å². The summed E-state index contributed by atoms with van der Waals surface area (Å²) >= 11 is 0. The van der Waals surface area contributed by atoms with Gasteiger partial charge < -0.3 is 19.7 Å². The molecule has 128 valence electrons. The summed E-state index contributed by atoms with van der Waals surface area (Å²) in [6, 6.07) is 6.89. The van der Waals surface area contributed by atoms with Gasteiger partial charge in [-0.15, -0.1) is 0 Å². The molecule has 1 aliphatic rings. The molecule has 0 bridgehead atoms. The lowest BCUT2D eigenvalue weighted by molar-refractivity contribution is -0.115. The van der Waals surface area contributed by atoms with Crippen molar-refractivity contribution >= 4 is 23.3 Å². The second-order valence-electron chi connectivity index (χ2n) is 5.35. The zero-order valence-electron chi connectivity index (χ0n) is 13.7. The summed E-state index contributed by atoms with van der Waals surface area (Å²) in [5, 5.41) is 11.2. The van der Waals surface area contributed by atoms with Gasteiger partial charge in [0.15, 0.2) is 0 Å². The van der Waals surface area contributed by atoms with Crippen molar-refractivity contribution in [3.63, 3.8) is 0 Å². The minimum Gasteiger partial charge on any atom is -0.462 e. The molecule has 1 fully saturated rings. The first-order chi connectivity index (χ1) is 11.7. The van der Waals surface area contributed by atoms with E-state index in [1.807, 2.05) is 6.92 Å². The van der Waals surface area contributed by atoms with Crippen molar-refractivity contribution in [3.8, 4) is 6.07 Å². The summed E-state index contributed by atoms with van der Waals surface area (Å²) in [6.07, 6.45) is 0.498. The van der Waals surface area contributed by atoms with Crippen molar-refractivity contribution in [1.29, 1.82) is 5.26 Å². The van der Waals surface area contributed by atoms with E-state index in [9.17, 15) is 9.59 Å². The van der Waals surface area contributed by atoms with Crippen molar-refractivity contribution in [1.82, 2.24) is 0 Å². The van der Waals surface area contributed by atoms with E-state index in [0.717, 1.165) is 12.1 Å². The Balaban J connectivity index is 2.26. The van der Waals surface area contributed by atoms with Gasteiger partial charge in [-0.2, -0.15) is 5.26 Å². The number of esters is 1. The molecule has 0 spiro atoms. The van der Waals surface area contributed by atoms with E-state index in [1.54, 1.807) is 24.3 Å². The highest BCUT2D eigenvalue weighted by molar-refractivity contribution is 5.99. The number of nitrogens with zero attached hydrogens (tertiary/aromatic N) is 2. The van der Waals surface area contributed by atoms with Crippen molar-refractivity contribution < 1.29 is 19.1 Å². The van der Waals surface area contributed by atoms with E-state index in [1.165, 1.54) is 0 Å². The van der Waals surface area contributed by atoms with Crippen LogP contribution in [0.15, 0.2) is 18.2 Å². The lowest BCUT2D eigenvalue weighted by Crippen LogP contribution is -2.37. The Morgan fingerprint density at radius 1 is 1.38 bits per heavy atom. The number of hydrogen-bond donors (Lipinski definition) is 1. The molecule has 1 aromatic rings. The number of ether oxygens (including phenoxy) is 2. The summed E-state index contributed by atoms with van der Waals surface area (Å²) in [6.45, 7) is 4.84. The maximum atomic E-state index is 12.4. The van der Waals surface area contributed by atoms with Gasteiger partial charge in [0.1, 0.15) is 6.42 Å². The molecule has 0 saturated carbocycles. The third-order valence-corrected chi connectivity index (χ3v) is 3.53. The predicted molar refractivity (Wildman–Crippen MR) is 88.9 cm³/mol. The van der Waals surface area contributed by atoms with Crippen LogP contribution in [0.3, 0.4) is 0 Å². The summed E-state index contributed by atoms with van der Waals surface area (Å²) in [5.41, 5.74) is 1.63. The third kappa shape index (κ3) is 4.70. The number of anilines is 2. The molecule has 1 heterocycles. The van der Waals surface area contributed by atoms with Crippen LogP contribution in [0.25, 0.3) is 0 Å². The number of nitriles is 1. The zero-order chi connectivity index (χ0) is 17.4. The number of nitrogens with one attached hydrogen (secondary N) is 1. The maximum absolute atomic E-state index is 12.4. The molecule has 24 heavy (non-hydrogen) atoms. The summed E-state index contributed by atoms with van der Waals surface area (Å²) < 4.78 is 10.6. The Labute approximate surface area is 141 Å². The average Bonchev–Trinajstić information content (AvgIpc) is 2.60. The fraction of sp³-hybridized carbons (Fsp3) is 0.471. The molecule has 7 heteroatoms. The average molecular weight is 331 g/mol. The quantitative estimate of drug-likeness (QED) is 0.801. The Hall–Kier alpha value is -2.59. The van der Waals surface area contributed by atoms with Crippen molar-refractivity contribution in [3.05, 3.63) is 23.8 Å². The first-order valence-corrected chi connectivity index (χ1v) is 7.96. The fourth-order valence-electron chi connectivity index (χ4n) is 2.41. The van der Waals surface area contributed by atoms with Crippen LogP contribution in [0.4, 0.5) is 11.4 Å². The van der Waals surface area contributed by atoms with Gasteiger partial charge in [0, 0.05) is 18.8 Å². The molecule has 0 atom stereocenters. The van der Waals surface area contributed by atoms with Crippen LogP contribution in [0.2, 0.25) is 0 Å². The van der Waals surface area contributed by atoms with Crippen LogP contribution < -0.4 is 10.2 Å². The van der Waals surface area contributed by atoms with E-state index in [2.05, 4.69) is 10.2 Å². The normalized spacial score (nSPS) is 13.9. The summed E-state index contributed by atoms with van der Waals surface area (Å²) in [5.74, 6) is -0.834. The second-order valence-corrected chi connectivity index (χ2v) is 5.35. The highest BCUT2D eigenvalue weighted by Gasteiger charge is 2.20. The molecule has 0 aliphatic carbocycles. The largest absolute Gasteiger partial charge is 0.462 e. The number of carbonyl (C=O) groups excluding carboxylic acids is 2. The first kappa shape index (κ1) is 17.8. The van der Waals surface area contributed by atoms with Gasteiger partial charge >= 0.3 is 5.97 Å². The predicted octanol–water partition coefficient (Wildman–Crippen LogP) is 1.94. The number of hydrogen-bond acceptors (Lipinski definition) is 6. The van der Waals surface area contributed by atoms with Crippen LogP contribution in [0, 0.1) is 11.3 Å². The molecule has 1 N–H and O–H groups in total. The van der Waals surface area contributed by atoms with Crippen molar-refractivity contribution in [2.45, 2.75) is 19.8 Å². The van der Waals surface area contributed by atoms with Crippen LogP contribution in [0.5, 0.6) is 0 Å². The molecule has 1 amide bonds. The first-order valence-electron chi connectivity index (χ1n) is 7.96. The Bertz CT molecular complexity index is 633. The molecule has 2 rings (SSSR count). The Morgan fingerprint density at radius 3 is 2.79 bits per heavy atom. The van der Waals surface area contributed by atoms with Gasteiger partial charge in [-0.1, -0.05) is 6.92 Å². The lowest BCUT2D eigenvalue weighted by Gasteiger charge is -2.30. The molecule has 1 aliphatic heterocycles. The molecular weight excluding hydrogens is 310 g/mol. The van der Waals surface area contributed by atoms with Gasteiger partial charge in [0.25, 0.3) is 0 Å². The molecule has 0 radical (unpaired) electrons. The number of rotatable bonds is 6. The van der Waals surface area contributed by atoms with Crippen LogP contribution in [-0.2, 0) is 14.3 Å². The SMILES string of the molecule is CCCOC(=O)c1cc(NC(=O)CC#N)ccc1N1CCOCC1. The molecule has 1 saturated heterocycles. The number of amides is 1. The minimum atomic E-state index is -0.422. The Morgan fingerprint density at radius 2 is 2.12 bits per heavy atom. The van der Waals surface area contributed by atoms with E-state index < -0.39 is 11.9 Å². The highest BCUT2D eigenvalue weighted by Crippen LogP contribution is 2.26. The zero-order valence-corrected chi connectivity index (χ0v) is 13.7. The van der Waals surface area contributed by atoms with E-state index in [4.69, 9.17) is 14.7 Å². The molecule has 0 aromatic heterocycles. The molecular formula is C17H21N3O4. The van der Waals surface area contributed by atoms with Crippen molar-refractivity contribution in [2.24, 2.45) is 0 Å². The van der Waals surface area contributed by atoms with Crippen LogP contribution in [0.1, 0.15) is 30.1 Å². The highest BCUT2D eigenvalue weighted by atomic mass is 16.5. The summed E-state index contributed by atoms with van der Waals surface area (Å²) in [4.78, 5) is 26.0. The Kier molecular flexibility index (Phi) is 6.58. The number of benzene rings is 1. The standard InChI is InChI=1S/C17H21N3O4/c1-2-9-24-17(22)14-12-13(19-16(21)5-6-18)3-4-15(14)20-7-10-23-11-8-20/h3-4,12H,2,5,7-11H2,1H3,(H,19,21).